The lowest BCUT2D eigenvalue weighted by atomic mass is 10.0. The molecular formula is C14H19N5O2. The van der Waals surface area contributed by atoms with Crippen molar-refractivity contribution >= 4 is 23.0 Å². The summed E-state index contributed by atoms with van der Waals surface area (Å²) in [7, 11) is 0. The molecule has 5 N–H and O–H groups in total. The Kier molecular flexibility index (Phi) is 4.42. The lowest BCUT2D eigenvalue weighted by Crippen LogP contribution is -2.51. The summed E-state index contributed by atoms with van der Waals surface area (Å²) in [4.78, 5) is 30.5. The number of carbonyl (C=O) groups is 2. The second kappa shape index (κ2) is 6.25. The molecule has 1 unspecified atom stereocenters. The number of hydrogen-bond donors (Lipinski definition) is 4. The summed E-state index contributed by atoms with van der Waals surface area (Å²) < 4.78 is 0. The van der Waals surface area contributed by atoms with Crippen LogP contribution in [0.15, 0.2) is 24.3 Å². The molecule has 1 heterocycles. The van der Waals surface area contributed by atoms with Gasteiger partial charge in [0.25, 0.3) is 0 Å². The number of rotatable bonds is 5. The minimum atomic E-state index is -0.715. The van der Waals surface area contributed by atoms with Gasteiger partial charge in [0.15, 0.2) is 0 Å². The number of nitrogens with zero attached hydrogens (tertiary/aromatic N) is 1. The Bertz CT molecular complexity index is 617. The van der Waals surface area contributed by atoms with Gasteiger partial charge >= 0.3 is 6.03 Å². The highest BCUT2D eigenvalue weighted by atomic mass is 16.2. The van der Waals surface area contributed by atoms with Crippen molar-refractivity contribution in [3.05, 3.63) is 30.1 Å². The number of H-pyrrole nitrogens is 1. The van der Waals surface area contributed by atoms with Crippen molar-refractivity contribution in [2.75, 3.05) is 0 Å². The van der Waals surface area contributed by atoms with Crippen LogP contribution in [0.25, 0.3) is 11.0 Å². The van der Waals surface area contributed by atoms with Crippen molar-refractivity contribution in [3.8, 4) is 0 Å². The standard InChI is InChI=1S/C14H19N5O2/c1-8(2)12(19-14(15)21)13(20)16-7-11-17-9-5-3-4-6-10(9)18-11/h3-6,8,12H,7H2,1-2H3,(H,16,20)(H,17,18)(H3,15,19,21). The van der Waals surface area contributed by atoms with Gasteiger partial charge in [-0.1, -0.05) is 26.0 Å². The summed E-state index contributed by atoms with van der Waals surface area (Å²) >= 11 is 0. The monoisotopic (exact) mass is 289 g/mol. The molecule has 1 aromatic carbocycles. The van der Waals surface area contributed by atoms with E-state index in [9.17, 15) is 9.59 Å². The number of fused-ring (bicyclic) bond motifs is 1. The van der Waals surface area contributed by atoms with Gasteiger partial charge < -0.3 is 21.4 Å². The summed E-state index contributed by atoms with van der Waals surface area (Å²) in [5, 5.41) is 5.18. The molecule has 0 aliphatic heterocycles. The number of amides is 3. The van der Waals surface area contributed by atoms with Crippen molar-refractivity contribution in [2.45, 2.75) is 26.4 Å². The van der Waals surface area contributed by atoms with Gasteiger partial charge in [0.1, 0.15) is 11.9 Å². The van der Waals surface area contributed by atoms with E-state index in [2.05, 4.69) is 20.6 Å². The number of carbonyl (C=O) groups excluding carboxylic acids is 2. The van der Waals surface area contributed by atoms with Crippen molar-refractivity contribution < 1.29 is 9.59 Å². The van der Waals surface area contributed by atoms with Crippen molar-refractivity contribution in [3.63, 3.8) is 0 Å². The first kappa shape index (κ1) is 14.8. The number of nitrogens with one attached hydrogen (secondary N) is 3. The lowest BCUT2D eigenvalue weighted by molar-refractivity contribution is -0.124. The Balaban J connectivity index is 2.00. The van der Waals surface area contributed by atoms with Gasteiger partial charge in [-0.25, -0.2) is 9.78 Å². The number of nitrogens with two attached hydrogens (primary N) is 1. The van der Waals surface area contributed by atoms with E-state index in [1.54, 1.807) is 0 Å². The Morgan fingerprint density at radius 2 is 2.05 bits per heavy atom. The molecule has 0 saturated carbocycles. The predicted molar refractivity (Wildman–Crippen MR) is 79.3 cm³/mol. The van der Waals surface area contributed by atoms with Crippen LogP contribution in [0, 0.1) is 5.92 Å². The molecule has 0 spiro atoms. The van der Waals surface area contributed by atoms with Gasteiger partial charge in [-0.15, -0.1) is 0 Å². The summed E-state index contributed by atoms with van der Waals surface area (Å²) in [6, 6.07) is 6.24. The van der Waals surface area contributed by atoms with Gasteiger partial charge in [-0.05, 0) is 18.1 Å². The van der Waals surface area contributed by atoms with Crippen LogP contribution in [0.3, 0.4) is 0 Å². The van der Waals surface area contributed by atoms with Crippen LogP contribution in [-0.2, 0) is 11.3 Å². The summed E-state index contributed by atoms with van der Waals surface area (Å²) in [6.45, 7) is 3.93. The lowest BCUT2D eigenvalue weighted by Gasteiger charge is -2.20. The van der Waals surface area contributed by atoms with Crippen LogP contribution in [-0.4, -0.2) is 27.9 Å². The first-order chi connectivity index (χ1) is 9.97. The third kappa shape index (κ3) is 3.71. The average molecular weight is 289 g/mol. The van der Waals surface area contributed by atoms with Crippen molar-refractivity contribution in [1.82, 2.24) is 20.6 Å². The Morgan fingerprint density at radius 3 is 2.67 bits per heavy atom. The molecule has 21 heavy (non-hydrogen) atoms. The first-order valence-corrected chi connectivity index (χ1v) is 6.74. The van der Waals surface area contributed by atoms with Crippen LogP contribution in [0.1, 0.15) is 19.7 Å². The third-order valence-electron chi connectivity index (χ3n) is 3.12. The number of hydrogen-bond acceptors (Lipinski definition) is 3. The SMILES string of the molecule is CC(C)C(NC(N)=O)C(=O)NCc1nc2ccccc2[nH]1. The number of urea groups is 1. The van der Waals surface area contributed by atoms with Crippen LogP contribution >= 0.6 is 0 Å². The first-order valence-electron chi connectivity index (χ1n) is 6.74. The smallest absolute Gasteiger partial charge is 0.312 e. The average Bonchev–Trinajstić information content (AvgIpc) is 2.84. The van der Waals surface area contributed by atoms with E-state index in [1.807, 2.05) is 38.1 Å². The normalized spacial score (nSPS) is 12.3. The van der Waals surface area contributed by atoms with Gasteiger partial charge in [0, 0.05) is 0 Å². The van der Waals surface area contributed by atoms with Crippen molar-refractivity contribution in [1.29, 1.82) is 0 Å². The summed E-state index contributed by atoms with van der Waals surface area (Å²) in [5.74, 6) is 0.309. The fourth-order valence-corrected chi connectivity index (χ4v) is 2.06. The number of primary amides is 1. The van der Waals surface area contributed by atoms with E-state index in [4.69, 9.17) is 5.73 Å². The van der Waals surface area contributed by atoms with Crippen LogP contribution < -0.4 is 16.4 Å². The molecule has 3 amide bonds. The molecule has 0 aliphatic carbocycles. The Labute approximate surface area is 122 Å². The fraction of sp³-hybridized carbons (Fsp3) is 0.357. The molecule has 7 nitrogen and oxygen atoms in total. The van der Waals surface area contributed by atoms with Gasteiger partial charge in [0.05, 0.1) is 17.6 Å². The zero-order chi connectivity index (χ0) is 15.4. The van der Waals surface area contributed by atoms with Crippen LogP contribution in [0.2, 0.25) is 0 Å². The maximum absolute atomic E-state index is 12.1. The van der Waals surface area contributed by atoms with Crippen LogP contribution in [0.4, 0.5) is 4.79 Å². The molecule has 2 aromatic rings. The van der Waals surface area contributed by atoms with Crippen LogP contribution in [0.5, 0.6) is 0 Å². The minimum Gasteiger partial charge on any atom is -0.352 e. The zero-order valence-electron chi connectivity index (χ0n) is 12.0. The number of para-hydroxylation sites is 2. The Morgan fingerprint density at radius 1 is 1.33 bits per heavy atom. The fourth-order valence-electron chi connectivity index (χ4n) is 2.06. The number of aromatic amines is 1. The van der Waals surface area contributed by atoms with Crippen molar-refractivity contribution in [2.24, 2.45) is 11.7 Å². The maximum Gasteiger partial charge on any atom is 0.312 e. The topological polar surface area (TPSA) is 113 Å². The number of benzene rings is 1. The molecule has 0 saturated heterocycles. The van der Waals surface area contributed by atoms with E-state index >= 15 is 0 Å². The molecule has 2 rings (SSSR count). The predicted octanol–water partition coefficient (Wildman–Crippen LogP) is 0.872. The Hall–Kier alpha value is -2.57. The molecule has 1 atom stereocenters. The van der Waals surface area contributed by atoms with Gasteiger partial charge in [-0.3, -0.25) is 4.79 Å². The van der Waals surface area contributed by atoms with E-state index in [-0.39, 0.29) is 18.4 Å². The minimum absolute atomic E-state index is 0.0619. The molecule has 112 valence electrons. The molecule has 0 radical (unpaired) electrons. The summed E-state index contributed by atoms with van der Waals surface area (Å²) in [5.41, 5.74) is 6.84. The van der Waals surface area contributed by atoms with Gasteiger partial charge in [0.2, 0.25) is 5.91 Å². The molecule has 0 fully saturated rings. The number of aromatic nitrogens is 2. The molecule has 0 aliphatic rings. The zero-order valence-corrected chi connectivity index (χ0v) is 12.0. The quantitative estimate of drug-likeness (QED) is 0.655. The van der Waals surface area contributed by atoms with E-state index in [1.165, 1.54) is 0 Å². The third-order valence-corrected chi connectivity index (χ3v) is 3.12. The molecule has 0 bridgehead atoms. The second-order valence-corrected chi connectivity index (χ2v) is 5.15. The van der Waals surface area contributed by atoms with E-state index in [0.29, 0.717) is 5.82 Å². The van der Waals surface area contributed by atoms with E-state index < -0.39 is 12.1 Å². The highest BCUT2D eigenvalue weighted by Gasteiger charge is 2.23. The van der Waals surface area contributed by atoms with E-state index in [0.717, 1.165) is 11.0 Å². The number of imidazole rings is 1. The maximum atomic E-state index is 12.1. The highest BCUT2D eigenvalue weighted by Crippen LogP contribution is 2.10. The molecule has 1 aromatic heterocycles. The molecule has 7 heteroatoms. The highest BCUT2D eigenvalue weighted by molar-refractivity contribution is 5.86. The largest absolute Gasteiger partial charge is 0.352 e. The second-order valence-electron chi connectivity index (χ2n) is 5.15. The van der Waals surface area contributed by atoms with Gasteiger partial charge in [-0.2, -0.15) is 0 Å². The summed E-state index contributed by atoms with van der Waals surface area (Å²) in [6.07, 6.45) is 0. The molecular weight excluding hydrogens is 270 g/mol.